The van der Waals surface area contributed by atoms with Crippen LogP contribution >= 0.6 is 0 Å². The predicted molar refractivity (Wildman–Crippen MR) is 75.3 cm³/mol. The molecule has 0 saturated heterocycles. The van der Waals surface area contributed by atoms with E-state index in [4.69, 9.17) is 5.84 Å². The Morgan fingerprint density at radius 3 is 2.85 bits per heavy atom. The Morgan fingerprint density at radius 1 is 1.45 bits per heavy atom. The van der Waals surface area contributed by atoms with Gasteiger partial charge in [-0.05, 0) is 18.3 Å². The summed E-state index contributed by atoms with van der Waals surface area (Å²) in [6.07, 6.45) is 6.37. The minimum Gasteiger partial charge on any atom is -0.343 e. The van der Waals surface area contributed by atoms with Gasteiger partial charge in [-0.15, -0.1) is 0 Å². The summed E-state index contributed by atoms with van der Waals surface area (Å²) in [5, 5.41) is 0. The average Bonchev–Trinajstić information content (AvgIpc) is 2.96. The van der Waals surface area contributed by atoms with Gasteiger partial charge in [0.25, 0.3) is 0 Å². The van der Waals surface area contributed by atoms with Gasteiger partial charge in [0.2, 0.25) is 17.8 Å². The van der Waals surface area contributed by atoms with Crippen molar-refractivity contribution in [1.29, 1.82) is 0 Å². The topological polar surface area (TPSA) is 97.8 Å². The maximum Gasteiger partial charge on any atom is 0.243 e. The van der Waals surface area contributed by atoms with Crippen molar-refractivity contribution in [2.45, 2.75) is 13.3 Å². The molecule has 2 aromatic rings. The van der Waals surface area contributed by atoms with Crippen LogP contribution in [0.15, 0.2) is 18.7 Å². The highest BCUT2D eigenvalue weighted by Gasteiger charge is 2.33. The number of aromatic nitrogens is 5. The maximum absolute atomic E-state index is 5.43. The van der Waals surface area contributed by atoms with Crippen molar-refractivity contribution >= 4 is 11.9 Å². The molecule has 0 radical (unpaired) electrons. The lowest BCUT2D eigenvalue weighted by molar-refractivity contribution is 0.707. The molecule has 2 atom stereocenters. The maximum atomic E-state index is 5.43. The van der Waals surface area contributed by atoms with E-state index in [9.17, 15) is 0 Å². The summed E-state index contributed by atoms with van der Waals surface area (Å²) in [6.45, 7) is 3.20. The minimum atomic E-state index is 0.342. The molecule has 8 heteroatoms. The number of nitrogens with one attached hydrogen (secondary N) is 1. The van der Waals surface area contributed by atoms with E-state index < -0.39 is 0 Å². The molecule has 3 rings (SSSR count). The van der Waals surface area contributed by atoms with Crippen molar-refractivity contribution in [3.05, 3.63) is 18.7 Å². The van der Waals surface area contributed by atoms with Gasteiger partial charge in [-0.1, -0.05) is 6.92 Å². The summed E-state index contributed by atoms with van der Waals surface area (Å²) in [4.78, 5) is 19.0. The van der Waals surface area contributed by atoms with Crippen LogP contribution in [0.2, 0.25) is 0 Å². The lowest BCUT2D eigenvalue weighted by Crippen LogP contribution is -2.25. The lowest BCUT2D eigenvalue weighted by atomic mass is 10.3. The fourth-order valence-electron chi connectivity index (χ4n) is 2.17. The van der Waals surface area contributed by atoms with Gasteiger partial charge in [-0.2, -0.15) is 15.0 Å². The zero-order valence-electron chi connectivity index (χ0n) is 11.6. The molecule has 2 unspecified atom stereocenters. The molecular formula is C12H18N8. The molecule has 2 aromatic heterocycles. The molecule has 0 amide bonds. The molecule has 0 bridgehead atoms. The van der Waals surface area contributed by atoms with E-state index in [1.165, 1.54) is 6.42 Å². The summed E-state index contributed by atoms with van der Waals surface area (Å²) in [5.74, 6) is 8.39. The molecule has 1 saturated carbocycles. The molecule has 0 aliphatic heterocycles. The molecule has 1 aliphatic rings. The number of nitrogens with zero attached hydrogens (tertiary/aromatic N) is 6. The van der Waals surface area contributed by atoms with Crippen LogP contribution in [0.3, 0.4) is 0 Å². The van der Waals surface area contributed by atoms with E-state index in [-0.39, 0.29) is 0 Å². The van der Waals surface area contributed by atoms with E-state index in [1.54, 1.807) is 23.3 Å². The van der Waals surface area contributed by atoms with Gasteiger partial charge in [-0.25, -0.2) is 10.8 Å². The molecule has 2 heterocycles. The monoisotopic (exact) mass is 274 g/mol. The van der Waals surface area contributed by atoms with Crippen LogP contribution in [-0.4, -0.2) is 38.1 Å². The first-order valence-corrected chi connectivity index (χ1v) is 6.59. The van der Waals surface area contributed by atoms with Gasteiger partial charge in [0, 0.05) is 26.0 Å². The number of hydrogen-bond donors (Lipinski definition) is 2. The van der Waals surface area contributed by atoms with Crippen molar-refractivity contribution in [1.82, 2.24) is 24.5 Å². The quantitative estimate of drug-likeness (QED) is 0.603. The van der Waals surface area contributed by atoms with Crippen LogP contribution in [-0.2, 0) is 0 Å². The third-order valence-electron chi connectivity index (χ3n) is 3.60. The summed E-state index contributed by atoms with van der Waals surface area (Å²) in [6, 6.07) is 0. The van der Waals surface area contributed by atoms with Crippen LogP contribution in [0.1, 0.15) is 13.3 Å². The van der Waals surface area contributed by atoms with Gasteiger partial charge in [-0.3, -0.25) is 9.99 Å². The fraction of sp³-hybridized carbons (Fsp3) is 0.500. The first kappa shape index (κ1) is 12.8. The third-order valence-corrected chi connectivity index (χ3v) is 3.60. The molecule has 0 spiro atoms. The van der Waals surface area contributed by atoms with E-state index in [0.717, 1.165) is 18.4 Å². The molecule has 8 nitrogen and oxygen atoms in total. The number of hydrazine groups is 1. The predicted octanol–water partition coefficient (Wildman–Crippen LogP) is 0.435. The smallest absolute Gasteiger partial charge is 0.243 e. The Bertz CT molecular complexity index is 581. The van der Waals surface area contributed by atoms with Crippen molar-refractivity contribution in [2.24, 2.45) is 17.7 Å². The van der Waals surface area contributed by atoms with Crippen molar-refractivity contribution < 1.29 is 0 Å². The number of anilines is 2. The molecule has 3 N–H and O–H groups in total. The van der Waals surface area contributed by atoms with E-state index in [0.29, 0.717) is 17.8 Å². The Labute approximate surface area is 117 Å². The van der Waals surface area contributed by atoms with Crippen molar-refractivity contribution in [3.63, 3.8) is 0 Å². The highest BCUT2D eigenvalue weighted by Crippen LogP contribution is 2.38. The van der Waals surface area contributed by atoms with E-state index in [1.807, 2.05) is 11.9 Å². The highest BCUT2D eigenvalue weighted by atomic mass is 15.4. The standard InChI is InChI=1S/C12H18N8/c1-8-5-9(8)6-19(2)11-15-10(18-13)16-12(17-11)20-4-3-14-7-20/h3-4,7-9H,5-6,13H2,1-2H3,(H,15,16,17,18). The van der Waals surface area contributed by atoms with Gasteiger partial charge in [0.1, 0.15) is 6.33 Å². The highest BCUT2D eigenvalue weighted by molar-refractivity contribution is 5.39. The number of hydrogen-bond acceptors (Lipinski definition) is 7. The number of nitrogens with two attached hydrogens (primary N) is 1. The Hall–Kier alpha value is -2.22. The van der Waals surface area contributed by atoms with Crippen LogP contribution in [0, 0.1) is 11.8 Å². The van der Waals surface area contributed by atoms with E-state index in [2.05, 4.69) is 32.3 Å². The van der Waals surface area contributed by atoms with Crippen LogP contribution in [0.4, 0.5) is 11.9 Å². The Balaban J connectivity index is 1.87. The Morgan fingerprint density at radius 2 is 2.25 bits per heavy atom. The first-order chi connectivity index (χ1) is 9.67. The van der Waals surface area contributed by atoms with Crippen LogP contribution in [0.5, 0.6) is 0 Å². The second-order valence-corrected chi connectivity index (χ2v) is 5.23. The molecule has 20 heavy (non-hydrogen) atoms. The SMILES string of the molecule is CC1CC1CN(C)c1nc(NN)nc(-n2ccnc2)n1. The Kier molecular flexibility index (Phi) is 3.23. The van der Waals surface area contributed by atoms with Gasteiger partial charge >= 0.3 is 0 Å². The fourth-order valence-corrected chi connectivity index (χ4v) is 2.17. The first-order valence-electron chi connectivity index (χ1n) is 6.59. The van der Waals surface area contributed by atoms with Gasteiger partial charge in [0.05, 0.1) is 0 Å². The zero-order valence-corrected chi connectivity index (χ0v) is 11.6. The second kappa shape index (κ2) is 5.04. The molecule has 1 fully saturated rings. The van der Waals surface area contributed by atoms with Gasteiger partial charge < -0.3 is 4.90 Å². The number of rotatable bonds is 5. The van der Waals surface area contributed by atoms with Crippen molar-refractivity contribution in [3.8, 4) is 5.95 Å². The minimum absolute atomic E-state index is 0.342. The summed E-state index contributed by atoms with van der Waals surface area (Å²) >= 11 is 0. The molecule has 0 aromatic carbocycles. The average molecular weight is 274 g/mol. The van der Waals surface area contributed by atoms with Crippen LogP contribution in [0.25, 0.3) is 5.95 Å². The van der Waals surface area contributed by atoms with Gasteiger partial charge in [0.15, 0.2) is 0 Å². The van der Waals surface area contributed by atoms with Crippen LogP contribution < -0.4 is 16.2 Å². The number of imidazole rings is 1. The normalized spacial score (nSPS) is 20.8. The summed E-state index contributed by atoms with van der Waals surface area (Å²) in [5.41, 5.74) is 2.48. The van der Waals surface area contributed by atoms with Crippen molar-refractivity contribution in [2.75, 3.05) is 23.9 Å². The zero-order chi connectivity index (χ0) is 14.1. The summed E-state index contributed by atoms with van der Waals surface area (Å²) < 4.78 is 1.72. The molecule has 106 valence electrons. The number of nitrogen functional groups attached to an aromatic ring is 1. The van der Waals surface area contributed by atoms with E-state index >= 15 is 0 Å². The third kappa shape index (κ3) is 2.55. The lowest BCUT2D eigenvalue weighted by Gasteiger charge is -2.18. The molecular weight excluding hydrogens is 256 g/mol. The summed E-state index contributed by atoms with van der Waals surface area (Å²) in [7, 11) is 1.98. The molecule has 1 aliphatic carbocycles. The second-order valence-electron chi connectivity index (χ2n) is 5.23. The largest absolute Gasteiger partial charge is 0.343 e.